The average molecular weight is 258 g/mol. The van der Waals surface area contributed by atoms with Gasteiger partial charge in [0.25, 0.3) is 10.2 Å². The smallest absolute Gasteiger partial charge is 0.279 e. The molecule has 1 fully saturated rings. The Morgan fingerprint density at radius 1 is 1.53 bits per heavy atom. The first kappa shape index (κ1) is 15.1. The van der Waals surface area contributed by atoms with Gasteiger partial charge in [0.1, 0.15) is 0 Å². The van der Waals surface area contributed by atoms with Gasteiger partial charge in [-0.2, -0.15) is 12.7 Å². The summed E-state index contributed by atoms with van der Waals surface area (Å²) in [5, 5.41) is 3.21. The number of hydrogen-bond donors (Lipinski definition) is 2. The van der Waals surface area contributed by atoms with Gasteiger partial charge in [0.15, 0.2) is 0 Å². The molecule has 1 rings (SSSR count). The van der Waals surface area contributed by atoms with Crippen molar-refractivity contribution in [2.45, 2.75) is 26.3 Å². The van der Waals surface area contributed by atoms with Crippen LogP contribution in [-0.4, -0.2) is 44.9 Å². The summed E-state index contributed by atoms with van der Waals surface area (Å²) >= 11 is 0. The van der Waals surface area contributed by atoms with Crippen LogP contribution >= 0.6 is 12.4 Å². The summed E-state index contributed by atoms with van der Waals surface area (Å²) in [7, 11) is -3.24. The highest BCUT2D eigenvalue weighted by atomic mass is 35.5. The van der Waals surface area contributed by atoms with Crippen molar-refractivity contribution in [3.8, 4) is 0 Å². The van der Waals surface area contributed by atoms with E-state index in [4.69, 9.17) is 0 Å². The predicted molar refractivity (Wildman–Crippen MR) is 63.5 cm³/mol. The standard InChI is InChI=1S/C8H19N3O2S.ClH/c1-3-4-10-14(12,13)11-6-5-9-8(2)7-11;/h8-10H,3-7H2,1-2H3;1H/t8-;/m0./s1. The first-order valence-electron chi connectivity index (χ1n) is 5.04. The van der Waals surface area contributed by atoms with Crippen LogP contribution in [0.5, 0.6) is 0 Å². The second kappa shape index (κ2) is 6.65. The highest BCUT2D eigenvalue weighted by Gasteiger charge is 2.25. The van der Waals surface area contributed by atoms with E-state index in [0.29, 0.717) is 19.6 Å². The molecule has 92 valence electrons. The lowest BCUT2D eigenvalue weighted by Crippen LogP contribution is -2.54. The van der Waals surface area contributed by atoms with Crippen LogP contribution in [0.2, 0.25) is 0 Å². The summed E-state index contributed by atoms with van der Waals surface area (Å²) in [5.41, 5.74) is 0. The summed E-state index contributed by atoms with van der Waals surface area (Å²) in [6.45, 7) is 6.29. The molecule has 2 N–H and O–H groups in total. The molecule has 0 saturated carbocycles. The van der Waals surface area contributed by atoms with Gasteiger partial charge in [-0.25, -0.2) is 4.72 Å². The predicted octanol–water partition coefficient (Wildman–Crippen LogP) is -0.0537. The zero-order valence-corrected chi connectivity index (χ0v) is 10.8. The lowest BCUT2D eigenvalue weighted by atomic mass is 10.3. The third-order valence-corrected chi connectivity index (χ3v) is 3.79. The van der Waals surface area contributed by atoms with E-state index in [1.165, 1.54) is 4.31 Å². The van der Waals surface area contributed by atoms with Gasteiger partial charge in [-0.3, -0.25) is 0 Å². The zero-order valence-electron chi connectivity index (χ0n) is 9.19. The summed E-state index contributed by atoms with van der Waals surface area (Å²) in [6, 6.07) is 0.238. The maximum atomic E-state index is 11.7. The van der Waals surface area contributed by atoms with Gasteiger partial charge in [0, 0.05) is 32.2 Å². The highest BCUT2D eigenvalue weighted by Crippen LogP contribution is 2.03. The first-order chi connectivity index (χ1) is 6.56. The van der Waals surface area contributed by atoms with Crippen LogP contribution in [0.25, 0.3) is 0 Å². The number of hydrogen-bond acceptors (Lipinski definition) is 3. The third-order valence-electron chi connectivity index (χ3n) is 2.21. The van der Waals surface area contributed by atoms with Gasteiger partial charge < -0.3 is 5.32 Å². The molecule has 0 aliphatic carbocycles. The Morgan fingerprint density at radius 2 is 2.20 bits per heavy atom. The molecule has 0 spiro atoms. The molecule has 1 atom stereocenters. The largest absolute Gasteiger partial charge is 0.312 e. The molecule has 7 heteroatoms. The highest BCUT2D eigenvalue weighted by molar-refractivity contribution is 7.87. The molecule has 1 aliphatic heterocycles. The zero-order chi connectivity index (χ0) is 10.6. The minimum Gasteiger partial charge on any atom is -0.312 e. The van der Waals surface area contributed by atoms with Crippen molar-refractivity contribution in [1.82, 2.24) is 14.3 Å². The van der Waals surface area contributed by atoms with E-state index >= 15 is 0 Å². The summed E-state index contributed by atoms with van der Waals surface area (Å²) in [6.07, 6.45) is 0.820. The molecule has 0 unspecified atom stereocenters. The number of nitrogens with one attached hydrogen (secondary N) is 2. The number of halogens is 1. The summed E-state index contributed by atoms with van der Waals surface area (Å²) in [5.74, 6) is 0. The van der Waals surface area contributed by atoms with Crippen LogP contribution in [0, 0.1) is 0 Å². The number of nitrogens with zero attached hydrogens (tertiary/aromatic N) is 1. The van der Waals surface area contributed by atoms with Crippen molar-refractivity contribution >= 4 is 22.6 Å². The van der Waals surface area contributed by atoms with Gasteiger partial charge in [0.2, 0.25) is 0 Å². The Hall–Kier alpha value is 0.120. The van der Waals surface area contributed by atoms with Crippen LogP contribution < -0.4 is 10.0 Å². The van der Waals surface area contributed by atoms with Crippen LogP contribution in [-0.2, 0) is 10.2 Å². The van der Waals surface area contributed by atoms with Gasteiger partial charge >= 0.3 is 0 Å². The molecule has 0 aromatic heterocycles. The molecule has 1 heterocycles. The van der Waals surface area contributed by atoms with Gasteiger partial charge in [-0.05, 0) is 13.3 Å². The topological polar surface area (TPSA) is 61.4 Å². The molecule has 15 heavy (non-hydrogen) atoms. The fourth-order valence-corrected chi connectivity index (χ4v) is 2.83. The normalized spacial score (nSPS) is 23.5. The summed E-state index contributed by atoms with van der Waals surface area (Å²) < 4.78 is 27.4. The minimum atomic E-state index is -3.24. The van der Waals surface area contributed by atoms with E-state index in [0.717, 1.165) is 13.0 Å². The molecule has 0 bridgehead atoms. The van der Waals surface area contributed by atoms with Crippen molar-refractivity contribution in [3.05, 3.63) is 0 Å². The Balaban J connectivity index is 0.00000196. The summed E-state index contributed by atoms with van der Waals surface area (Å²) in [4.78, 5) is 0. The average Bonchev–Trinajstić information content (AvgIpc) is 2.15. The second-order valence-corrected chi connectivity index (χ2v) is 5.37. The fraction of sp³-hybridized carbons (Fsp3) is 1.00. The molecule has 0 amide bonds. The van der Waals surface area contributed by atoms with Gasteiger partial charge in [0.05, 0.1) is 0 Å². The van der Waals surface area contributed by atoms with Gasteiger partial charge in [-0.1, -0.05) is 6.92 Å². The fourth-order valence-electron chi connectivity index (χ4n) is 1.44. The monoisotopic (exact) mass is 257 g/mol. The molecular formula is C8H20ClN3O2S. The SMILES string of the molecule is CCCNS(=O)(=O)N1CCN[C@@H](C)C1.Cl. The molecule has 1 aliphatic rings. The molecule has 0 aromatic carbocycles. The van der Waals surface area contributed by atoms with Crippen LogP contribution in [0.3, 0.4) is 0 Å². The first-order valence-corrected chi connectivity index (χ1v) is 6.48. The van der Waals surface area contributed by atoms with E-state index in [2.05, 4.69) is 10.0 Å². The Labute approximate surface area is 98.2 Å². The Bertz CT molecular complexity index is 271. The Morgan fingerprint density at radius 3 is 2.73 bits per heavy atom. The van der Waals surface area contributed by atoms with Crippen molar-refractivity contribution in [1.29, 1.82) is 0 Å². The molecular weight excluding hydrogens is 238 g/mol. The van der Waals surface area contributed by atoms with Crippen molar-refractivity contribution in [2.75, 3.05) is 26.2 Å². The van der Waals surface area contributed by atoms with E-state index in [1.54, 1.807) is 0 Å². The van der Waals surface area contributed by atoms with E-state index in [9.17, 15) is 8.42 Å². The lowest BCUT2D eigenvalue weighted by Gasteiger charge is -2.30. The lowest BCUT2D eigenvalue weighted by molar-refractivity contribution is 0.306. The van der Waals surface area contributed by atoms with Crippen LogP contribution in [0.15, 0.2) is 0 Å². The number of piperazine rings is 1. The Kier molecular flexibility index (Phi) is 6.70. The quantitative estimate of drug-likeness (QED) is 0.742. The minimum absolute atomic E-state index is 0. The second-order valence-electron chi connectivity index (χ2n) is 3.61. The molecule has 5 nitrogen and oxygen atoms in total. The van der Waals surface area contributed by atoms with Crippen molar-refractivity contribution < 1.29 is 8.42 Å². The van der Waals surface area contributed by atoms with E-state index < -0.39 is 10.2 Å². The maximum Gasteiger partial charge on any atom is 0.279 e. The van der Waals surface area contributed by atoms with E-state index in [1.807, 2.05) is 13.8 Å². The number of rotatable bonds is 4. The van der Waals surface area contributed by atoms with Crippen molar-refractivity contribution in [2.24, 2.45) is 0 Å². The van der Waals surface area contributed by atoms with Crippen molar-refractivity contribution in [3.63, 3.8) is 0 Å². The maximum absolute atomic E-state index is 11.7. The molecule has 0 radical (unpaired) electrons. The van der Waals surface area contributed by atoms with Crippen LogP contribution in [0.4, 0.5) is 0 Å². The third kappa shape index (κ3) is 4.65. The van der Waals surface area contributed by atoms with Crippen LogP contribution in [0.1, 0.15) is 20.3 Å². The molecule has 1 saturated heterocycles. The molecule has 0 aromatic rings. The van der Waals surface area contributed by atoms with Gasteiger partial charge in [-0.15, -0.1) is 12.4 Å². The van der Waals surface area contributed by atoms with E-state index in [-0.39, 0.29) is 18.4 Å².